The molecule has 0 saturated heterocycles. The molecule has 0 radical (unpaired) electrons. The van der Waals surface area contributed by atoms with Crippen molar-refractivity contribution in [3.63, 3.8) is 0 Å². The Morgan fingerprint density at radius 3 is 2.62 bits per heavy atom. The van der Waals surface area contributed by atoms with Crippen LogP contribution < -0.4 is 15.6 Å². The Bertz CT molecular complexity index is 1270. The maximum atomic E-state index is 12.5. The SMILES string of the molecule is CCNC(=O)C[C@H]1N=C(c2ccc(Cl)cc2)c2cc(OC)ncc2-c2cn(C)c(=O)cc21. The number of hydrogen-bond donors (Lipinski definition) is 1. The second-order valence-corrected chi connectivity index (χ2v) is 7.96. The molecule has 0 bridgehead atoms. The molecule has 4 rings (SSSR count). The van der Waals surface area contributed by atoms with Gasteiger partial charge in [0.15, 0.2) is 0 Å². The zero-order chi connectivity index (χ0) is 22.8. The minimum absolute atomic E-state index is 0.115. The minimum atomic E-state index is -0.547. The van der Waals surface area contributed by atoms with Crippen molar-refractivity contribution in [1.29, 1.82) is 0 Å². The molecule has 1 aliphatic rings. The van der Waals surface area contributed by atoms with Gasteiger partial charge in [-0.25, -0.2) is 4.98 Å². The average Bonchev–Trinajstić information content (AvgIpc) is 2.90. The van der Waals surface area contributed by atoms with Gasteiger partial charge in [0.05, 0.1) is 25.3 Å². The van der Waals surface area contributed by atoms with E-state index in [1.165, 1.54) is 4.57 Å². The lowest BCUT2D eigenvalue weighted by Gasteiger charge is -2.16. The number of methoxy groups -OCH3 is 1. The molecule has 1 aromatic carbocycles. The van der Waals surface area contributed by atoms with Crippen molar-refractivity contribution < 1.29 is 9.53 Å². The topological polar surface area (TPSA) is 85.6 Å². The number of aromatic nitrogens is 2. The third-order valence-corrected chi connectivity index (χ3v) is 5.66. The van der Waals surface area contributed by atoms with Crippen LogP contribution in [0.3, 0.4) is 0 Å². The standard InChI is InChI=1S/C24H23ClN4O3/c1-4-26-21(30)11-20-16-10-23(31)29(2)13-19(16)18-12-27-22(32-3)9-17(18)24(28-20)14-5-7-15(25)8-6-14/h5-10,12-13,20H,4,11H2,1-3H3,(H,26,30)/t20-/m1/s1. The molecule has 32 heavy (non-hydrogen) atoms. The van der Waals surface area contributed by atoms with Crippen LogP contribution in [0, 0.1) is 0 Å². The Morgan fingerprint density at radius 2 is 1.94 bits per heavy atom. The highest BCUT2D eigenvalue weighted by molar-refractivity contribution is 6.30. The maximum Gasteiger partial charge on any atom is 0.250 e. The number of carbonyl (C=O) groups is 1. The fourth-order valence-corrected chi connectivity index (χ4v) is 3.96. The van der Waals surface area contributed by atoms with Gasteiger partial charge in [0.1, 0.15) is 0 Å². The number of amides is 1. The van der Waals surface area contributed by atoms with Gasteiger partial charge in [-0.15, -0.1) is 0 Å². The van der Waals surface area contributed by atoms with E-state index in [2.05, 4.69) is 10.3 Å². The van der Waals surface area contributed by atoms with E-state index in [0.29, 0.717) is 28.7 Å². The van der Waals surface area contributed by atoms with Crippen molar-refractivity contribution in [3.8, 4) is 17.0 Å². The summed E-state index contributed by atoms with van der Waals surface area (Å²) in [5, 5.41) is 3.44. The molecule has 3 heterocycles. The van der Waals surface area contributed by atoms with Crippen LogP contribution in [-0.4, -0.2) is 34.8 Å². The van der Waals surface area contributed by atoms with E-state index in [1.807, 2.05) is 25.1 Å². The zero-order valence-corrected chi connectivity index (χ0v) is 18.8. The van der Waals surface area contributed by atoms with Crippen LogP contribution in [0.4, 0.5) is 0 Å². The first-order valence-electron chi connectivity index (χ1n) is 10.3. The normalized spacial score (nSPS) is 14.6. The number of fused-ring (bicyclic) bond motifs is 3. The van der Waals surface area contributed by atoms with E-state index in [1.54, 1.807) is 44.8 Å². The summed E-state index contributed by atoms with van der Waals surface area (Å²) < 4.78 is 6.89. The van der Waals surface area contributed by atoms with Crippen LogP contribution in [0.15, 0.2) is 58.6 Å². The van der Waals surface area contributed by atoms with E-state index < -0.39 is 6.04 Å². The van der Waals surface area contributed by atoms with Crippen molar-refractivity contribution in [2.24, 2.45) is 12.0 Å². The van der Waals surface area contributed by atoms with Crippen LogP contribution in [-0.2, 0) is 11.8 Å². The Kier molecular flexibility index (Phi) is 6.10. The average molecular weight is 451 g/mol. The first-order chi connectivity index (χ1) is 15.4. The summed E-state index contributed by atoms with van der Waals surface area (Å²) >= 11 is 6.11. The van der Waals surface area contributed by atoms with E-state index in [9.17, 15) is 9.59 Å². The molecule has 164 valence electrons. The Labute approximate surface area is 190 Å². The first kappa shape index (κ1) is 21.8. The van der Waals surface area contributed by atoms with Gasteiger partial charge in [0.2, 0.25) is 11.8 Å². The number of ether oxygens (including phenoxy) is 1. The summed E-state index contributed by atoms with van der Waals surface area (Å²) in [6, 6.07) is 10.2. The second-order valence-electron chi connectivity index (χ2n) is 7.52. The number of carbonyl (C=O) groups excluding carboxylic acids is 1. The molecule has 0 spiro atoms. The van der Waals surface area contributed by atoms with Crippen molar-refractivity contribution in [3.05, 3.63) is 80.9 Å². The Hall–Kier alpha value is -3.45. The summed E-state index contributed by atoms with van der Waals surface area (Å²) in [5.74, 6) is 0.309. The quantitative estimate of drug-likeness (QED) is 0.644. The highest BCUT2D eigenvalue weighted by atomic mass is 35.5. The number of halogens is 1. The van der Waals surface area contributed by atoms with E-state index >= 15 is 0 Å². The third kappa shape index (κ3) is 4.16. The molecule has 0 unspecified atom stereocenters. The molecule has 0 saturated carbocycles. The first-order valence-corrected chi connectivity index (χ1v) is 10.6. The van der Waals surface area contributed by atoms with Gasteiger partial charge >= 0.3 is 0 Å². The monoisotopic (exact) mass is 450 g/mol. The summed E-state index contributed by atoms with van der Waals surface area (Å²) in [6.07, 6.45) is 3.61. The largest absolute Gasteiger partial charge is 0.481 e. The van der Waals surface area contributed by atoms with Gasteiger partial charge in [0, 0.05) is 65.4 Å². The second kappa shape index (κ2) is 8.96. The van der Waals surface area contributed by atoms with Crippen molar-refractivity contribution >= 4 is 23.2 Å². The number of benzene rings is 1. The number of hydrogen-bond acceptors (Lipinski definition) is 5. The van der Waals surface area contributed by atoms with Crippen LogP contribution in [0.5, 0.6) is 5.88 Å². The number of aryl methyl sites for hydroxylation is 1. The van der Waals surface area contributed by atoms with Crippen molar-refractivity contribution in [1.82, 2.24) is 14.9 Å². The van der Waals surface area contributed by atoms with Gasteiger partial charge in [-0.1, -0.05) is 23.7 Å². The lowest BCUT2D eigenvalue weighted by atomic mass is 9.93. The van der Waals surface area contributed by atoms with E-state index in [-0.39, 0.29) is 17.9 Å². The molecule has 8 heteroatoms. The zero-order valence-electron chi connectivity index (χ0n) is 18.1. The van der Waals surface area contributed by atoms with Gasteiger partial charge in [0.25, 0.3) is 5.56 Å². The molecule has 1 N–H and O–H groups in total. The lowest BCUT2D eigenvalue weighted by molar-refractivity contribution is -0.121. The number of pyridine rings is 2. The maximum absolute atomic E-state index is 12.5. The Balaban J connectivity index is 2.02. The molecule has 2 aromatic heterocycles. The summed E-state index contributed by atoms with van der Waals surface area (Å²) in [7, 11) is 3.25. The van der Waals surface area contributed by atoms with Crippen LogP contribution in [0.25, 0.3) is 11.1 Å². The predicted molar refractivity (Wildman–Crippen MR) is 125 cm³/mol. The van der Waals surface area contributed by atoms with Crippen molar-refractivity contribution in [2.45, 2.75) is 19.4 Å². The number of aliphatic imine (C=N–C) groups is 1. The fourth-order valence-electron chi connectivity index (χ4n) is 3.84. The number of nitrogens with one attached hydrogen (secondary N) is 1. The molecule has 1 aliphatic heterocycles. The molecule has 0 fully saturated rings. The highest BCUT2D eigenvalue weighted by Crippen LogP contribution is 2.39. The number of nitrogens with zero attached hydrogens (tertiary/aromatic N) is 3. The molecule has 7 nitrogen and oxygen atoms in total. The van der Waals surface area contributed by atoms with Crippen molar-refractivity contribution in [2.75, 3.05) is 13.7 Å². The summed E-state index contributed by atoms with van der Waals surface area (Å²) in [6.45, 7) is 2.38. The van der Waals surface area contributed by atoms with Gasteiger partial charge < -0.3 is 14.6 Å². The van der Waals surface area contributed by atoms with E-state index in [0.717, 1.165) is 22.3 Å². The molecule has 0 aliphatic carbocycles. The van der Waals surface area contributed by atoms with Gasteiger partial charge in [-0.2, -0.15) is 0 Å². The lowest BCUT2D eigenvalue weighted by Crippen LogP contribution is -2.25. The van der Waals surface area contributed by atoms with Crippen LogP contribution in [0.1, 0.15) is 36.1 Å². The predicted octanol–water partition coefficient (Wildman–Crippen LogP) is 3.53. The molecular weight excluding hydrogens is 428 g/mol. The highest BCUT2D eigenvalue weighted by Gasteiger charge is 2.28. The van der Waals surface area contributed by atoms with Crippen LogP contribution in [0.2, 0.25) is 5.02 Å². The molecular formula is C24H23ClN4O3. The van der Waals surface area contributed by atoms with Gasteiger partial charge in [-0.3, -0.25) is 14.6 Å². The van der Waals surface area contributed by atoms with E-state index in [4.69, 9.17) is 21.3 Å². The fraction of sp³-hybridized carbons (Fsp3) is 0.250. The third-order valence-electron chi connectivity index (χ3n) is 5.41. The van der Waals surface area contributed by atoms with Gasteiger partial charge in [-0.05, 0) is 24.6 Å². The molecule has 3 aromatic rings. The molecule has 1 atom stereocenters. The minimum Gasteiger partial charge on any atom is -0.481 e. The Morgan fingerprint density at radius 1 is 1.19 bits per heavy atom. The summed E-state index contributed by atoms with van der Waals surface area (Å²) in [4.78, 5) is 34.5. The summed E-state index contributed by atoms with van der Waals surface area (Å²) in [5.41, 5.74) is 4.46. The number of rotatable bonds is 5. The smallest absolute Gasteiger partial charge is 0.250 e. The molecule has 1 amide bonds. The van der Waals surface area contributed by atoms with Crippen LogP contribution >= 0.6 is 11.6 Å².